The minimum atomic E-state index is -0.518. The van der Waals surface area contributed by atoms with E-state index in [0.29, 0.717) is 30.3 Å². The summed E-state index contributed by atoms with van der Waals surface area (Å²) in [6, 6.07) is 11.6. The number of hydrogen-bond donors (Lipinski definition) is 0. The molecule has 1 atom stereocenters. The van der Waals surface area contributed by atoms with Gasteiger partial charge in [0, 0.05) is 30.8 Å². The average Bonchev–Trinajstić information content (AvgIpc) is 3.00. The normalized spacial score (nSPS) is 19.4. The monoisotopic (exact) mass is 423 g/mol. The Hall–Kier alpha value is -3.55. The lowest BCUT2D eigenvalue weighted by Gasteiger charge is -2.33. The molecule has 1 saturated heterocycles. The molecule has 31 heavy (non-hydrogen) atoms. The van der Waals surface area contributed by atoms with Gasteiger partial charge < -0.3 is 4.90 Å². The summed E-state index contributed by atoms with van der Waals surface area (Å²) in [6.07, 6.45) is 1.94. The van der Waals surface area contributed by atoms with Crippen LogP contribution in [0.2, 0.25) is 0 Å². The highest BCUT2D eigenvalue weighted by atomic mass is 19.1. The van der Waals surface area contributed by atoms with Crippen LogP contribution in [0.4, 0.5) is 10.1 Å². The number of amides is 2. The molecule has 4 rings (SSSR count). The first-order chi connectivity index (χ1) is 14.9. The van der Waals surface area contributed by atoms with Crippen molar-refractivity contribution >= 4 is 23.1 Å². The van der Waals surface area contributed by atoms with Crippen LogP contribution < -0.4 is 0 Å². The predicted octanol–water partition coefficient (Wildman–Crippen LogP) is 3.75. The van der Waals surface area contributed by atoms with Gasteiger partial charge in [-0.25, -0.2) is 4.39 Å². The van der Waals surface area contributed by atoms with E-state index in [1.165, 1.54) is 30.3 Å². The highest BCUT2D eigenvalue weighted by Gasteiger charge is 2.42. The van der Waals surface area contributed by atoms with Crippen LogP contribution in [-0.2, 0) is 16.1 Å². The third-order valence-electron chi connectivity index (χ3n) is 5.77. The molecule has 1 unspecified atom stereocenters. The van der Waals surface area contributed by atoms with Crippen LogP contribution in [0.25, 0.3) is 5.57 Å². The highest BCUT2D eigenvalue weighted by Crippen LogP contribution is 2.35. The summed E-state index contributed by atoms with van der Waals surface area (Å²) in [5, 5.41) is 11.0. The van der Waals surface area contributed by atoms with Gasteiger partial charge in [-0.2, -0.15) is 0 Å². The molecule has 160 valence electrons. The molecule has 8 heteroatoms. The van der Waals surface area contributed by atoms with Gasteiger partial charge in [0.25, 0.3) is 17.5 Å². The van der Waals surface area contributed by atoms with Gasteiger partial charge in [0.05, 0.1) is 17.0 Å². The van der Waals surface area contributed by atoms with Gasteiger partial charge in [0.2, 0.25) is 0 Å². The largest absolute Gasteiger partial charge is 0.366 e. The van der Waals surface area contributed by atoms with E-state index in [4.69, 9.17) is 0 Å². The summed E-state index contributed by atoms with van der Waals surface area (Å²) in [5.74, 6) is -1.10. The van der Waals surface area contributed by atoms with E-state index in [2.05, 4.69) is 6.92 Å². The number of halogens is 1. The number of carbonyl (C=O) groups is 2. The highest BCUT2D eigenvalue weighted by molar-refractivity contribution is 6.35. The Labute approximate surface area is 178 Å². The van der Waals surface area contributed by atoms with Crippen molar-refractivity contribution in [2.24, 2.45) is 5.92 Å². The van der Waals surface area contributed by atoms with Crippen LogP contribution in [0.3, 0.4) is 0 Å². The Bertz CT molecular complexity index is 1080. The van der Waals surface area contributed by atoms with E-state index >= 15 is 0 Å². The Morgan fingerprint density at radius 1 is 1.10 bits per heavy atom. The summed E-state index contributed by atoms with van der Waals surface area (Å²) >= 11 is 0. The second-order valence-electron chi connectivity index (χ2n) is 8.01. The molecule has 2 aliphatic heterocycles. The lowest BCUT2D eigenvalue weighted by molar-refractivity contribution is -0.384. The van der Waals surface area contributed by atoms with Crippen molar-refractivity contribution in [1.82, 2.24) is 9.80 Å². The number of nitrogens with zero attached hydrogens (tertiary/aromatic N) is 3. The fraction of sp³-hybridized carbons (Fsp3) is 0.304. The quantitative estimate of drug-likeness (QED) is 0.416. The van der Waals surface area contributed by atoms with Gasteiger partial charge in [0.1, 0.15) is 11.5 Å². The number of rotatable bonds is 5. The first-order valence-electron chi connectivity index (χ1n) is 10.2. The maximum Gasteiger partial charge on any atom is 0.278 e. The van der Waals surface area contributed by atoms with Gasteiger partial charge in [-0.05, 0) is 42.5 Å². The first-order valence-corrected chi connectivity index (χ1v) is 10.2. The van der Waals surface area contributed by atoms with Crippen LogP contribution in [0, 0.1) is 21.8 Å². The Morgan fingerprint density at radius 2 is 1.81 bits per heavy atom. The number of nitro groups is 1. The second kappa shape index (κ2) is 8.29. The molecule has 0 radical (unpaired) electrons. The molecule has 1 fully saturated rings. The maximum atomic E-state index is 14.2. The molecule has 2 aromatic rings. The summed E-state index contributed by atoms with van der Waals surface area (Å²) in [6.45, 7) is 3.20. The van der Waals surface area contributed by atoms with Gasteiger partial charge in [0.15, 0.2) is 0 Å². The lowest BCUT2D eigenvalue weighted by atomic mass is 9.97. The van der Waals surface area contributed by atoms with Crippen molar-refractivity contribution in [3.8, 4) is 0 Å². The fourth-order valence-corrected chi connectivity index (χ4v) is 4.20. The Morgan fingerprint density at radius 3 is 2.45 bits per heavy atom. The Balaban J connectivity index is 1.75. The van der Waals surface area contributed by atoms with Gasteiger partial charge in [-0.15, -0.1) is 0 Å². The zero-order valence-corrected chi connectivity index (χ0v) is 17.1. The van der Waals surface area contributed by atoms with E-state index in [-0.39, 0.29) is 23.4 Å². The number of benzene rings is 2. The Kier molecular flexibility index (Phi) is 5.54. The van der Waals surface area contributed by atoms with Crippen LogP contribution in [-0.4, -0.2) is 39.6 Å². The smallest absolute Gasteiger partial charge is 0.278 e. The molecule has 0 N–H and O–H groups in total. The summed E-state index contributed by atoms with van der Waals surface area (Å²) < 4.78 is 14.2. The molecular formula is C23H22FN3O4. The van der Waals surface area contributed by atoms with Crippen molar-refractivity contribution in [2.75, 3.05) is 13.1 Å². The van der Waals surface area contributed by atoms with Crippen LogP contribution in [0.5, 0.6) is 0 Å². The predicted molar refractivity (Wildman–Crippen MR) is 112 cm³/mol. The zero-order valence-electron chi connectivity index (χ0n) is 17.1. The molecule has 2 amide bonds. The minimum absolute atomic E-state index is 0.0996. The summed E-state index contributed by atoms with van der Waals surface area (Å²) in [7, 11) is 0. The summed E-state index contributed by atoms with van der Waals surface area (Å²) in [4.78, 5) is 40.2. The third-order valence-corrected chi connectivity index (χ3v) is 5.77. The molecule has 0 aliphatic carbocycles. The molecule has 2 aromatic carbocycles. The van der Waals surface area contributed by atoms with Crippen molar-refractivity contribution in [3.63, 3.8) is 0 Å². The number of imide groups is 1. The van der Waals surface area contributed by atoms with E-state index in [9.17, 15) is 24.1 Å². The topological polar surface area (TPSA) is 83.8 Å². The number of nitro benzene ring substituents is 1. The maximum absolute atomic E-state index is 14.2. The molecule has 0 aromatic heterocycles. The van der Waals surface area contributed by atoms with E-state index in [1.54, 1.807) is 18.2 Å². The zero-order chi connectivity index (χ0) is 22.1. The number of hydrogen-bond acceptors (Lipinski definition) is 5. The van der Waals surface area contributed by atoms with Crippen molar-refractivity contribution in [3.05, 3.63) is 81.3 Å². The fourth-order valence-electron chi connectivity index (χ4n) is 4.20. The number of non-ortho nitro benzene ring substituents is 1. The van der Waals surface area contributed by atoms with Gasteiger partial charge in [-0.1, -0.05) is 25.1 Å². The van der Waals surface area contributed by atoms with Crippen LogP contribution in [0.1, 0.15) is 30.9 Å². The molecule has 2 heterocycles. The minimum Gasteiger partial charge on any atom is -0.366 e. The van der Waals surface area contributed by atoms with E-state index < -0.39 is 22.6 Å². The number of likely N-dealkylation sites (tertiary alicyclic amines) is 1. The molecule has 0 saturated carbocycles. The molecular weight excluding hydrogens is 401 g/mol. The van der Waals surface area contributed by atoms with E-state index in [1.807, 2.05) is 4.90 Å². The lowest BCUT2D eigenvalue weighted by Crippen LogP contribution is -2.39. The van der Waals surface area contributed by atoms with E-state index in [0.717, 1.165) is 17.7 Å². The van der Waals surface area contributed by atoms with Crippen molar-refractivity contribution in [2.45, 2.75) is 26.3 Å². The van der Waals surface area contributed by atoms with Crippen LogP contribution >= 0.6 is 0 Å². The summed E-state index contributed by atoms with van der Waals surface area (Å²) in [5.41, 5.74) is 1.10. The standard InChI is InChI=1S/C23H22FN3O4/c1-15-5-4-12-25(13-15)21-20(16-8-10-18(11-9-16)27(30)31)22(28)26(23(21)29)14-17-6-2-3-7-19(17)24/h2-3,6-11,15H,4-5,12-14H2,1H3. The van der Waals surface area contributed by atoms with Crippen LogP contribution in [0.15, 0.2) is 54.2 Å². The molecule has 2 aliphatic rings. The number of piperidine rings is 1. The number of carbonyl (C=O) groups excluding carboxylic acids is 2. The third kappa shape index (κ3) is 3.93. The second-order valence-corrected chi connectivity index (χ2v) is 8.01. The van der Waals surface area contributed by atoms with Crippen molar-refractivity contribution in [1.29, 1.82) is 0 Å². The average molecular weight is 423 g/mol. The van der Waals surface area contributed by atoms with Gasteiger partial charge >= 0.3 is 0 Å². The SMILES string of the molecule is CC1CCCN(C2=C(c3ccc([N+](=O)[O-])cc3)C(=O)N(Cc3ccccc3F)C2=O)C1. The first kappa shape index (κ1) is 20.7. The van der Waals surface area contributed by atoms with Crippen molar-refractivity contribution < 1.29 is 18.9 Å². The molecule has 7 nitrogen and oxygen atoms in total. The molecule has 0 bridgehead atoms. The van der Waals surface area contributed by atoms with Gasteiger partial charge in [-0.3, -0.25) is 24.6 Å². The molecule has 0 spiro atoms.